The number of urea groups is 1. The van der Waals surface area contributed by atoms with Crippen molar-refractivity contribution in [2.75, 3.05) is 45.9 Å². The average molecular weight is 406 g/mol. The third-order valence-electron chi connectivity index (χ3n) is 6.92. The molecule has 3 aliphatic heterocycles. The van der Waals surface area contributed by atoms with Gasteiger partial charge in [0, 0.05) is 38.8 Å². The predicted molar refractivity (Wildman–Crippen MR) is 118 cm³/mol. The highest BCUT2D eigenvalue weighted by molar-refractivity contribution is 5.74. The van der Waals surface area contributed by atoms with Gasteiger partial charge in [0.1, 0.15) is 0 Å². The zero-order valence-corrected chi connectivity index (χ0v) is 17.6. The Hall–Kier alpha value is -2.37. The summed E-state index contributed by atoms with van der Waals surface area (Å²) in [7, 11) is 0. The standard InChI is InChI=1S/C25H31N3O2/c29-25(27-16-18-30-19-17-27)26-13-11-22(12-14-26)28-15-10-20-6-4-5-9-23(20)24(28)21-7-2-1-3-8-21/h1-9,22,24H,10-19H2. The molecule has 2 amide bonds. The maximum atomic E-state index is 12.9. The van der Waals surface area contributed by atoms with Gasteiger partial charge in [0.15, 0.2) is 0 Å². The molecule has 5 heteroatoms. The zero-order valence-electron chi connectivity index (χ0n) is 17.6. The summed E-state index contributed by atoms with van der Waals surface area (Å²) in [4.78, 5) is 19.6. The van der Waals surface area contributed by atoms with Crippen molar-refractivity contribution in [3.8, 4) is 0 Å². The minimum absolute atomic E-state index is 0.195. The van der Waals surface area contributed by atoms with E-state index in [4.69, 9.17) is 4.74 Å². The number of hydrogen-bond donors (Lipinski definition) is 0. The van der Waals surface area contributed by atoms with Crippen LogP contribution in [0.15, 0.2) is 54.6 Å². The molecule has 0 aromatic heterocycles. The summed E-state index contributed by atoms with van der Waals surface area (Å²) in [5.74, 6) is 0. The van der Waals surface area contributed by atoms with Gasteiger partial charge in [0.05, 0.1) is 19.3 Å². The van der Waals surface area contributed by atoms with E-state index in [1.54, 1.807) is 0 Å². The van der Waals surface area contributed by atoms with Crippen LogP contribution in [0.5, 0.6) is 0 Å². The van der Waals surface area contributed by atoms with Gasteiger partial charge in [-0.2, -0.15) is 0 Å². The van der Waals surface area contributed by atoms with Crippen LogP contribution in [0.4, 0.5) is 4.79 Å². The van der Waals surface area contributed by atoms with E-state index in [1.807, 2.05) is 4.90 Å². The zero-order chi connectivity index (χ0) is 20.3. The number of hydrogen-bond acceptors (Lipinski definition) is 3. The number of rotatable bonds is 2. The quantitative estimate of drug-likeness (QED) is 0.767. The van der Waals surface area contributed by atoms with Gasteiger partial charge >= 0.3 is 6.03 Å². The van der Waals surface area contributed by atoms with Crippen molar-refractivity contribution >= 4 is 6.03 Å². The van der Waals surface area contributed by atoms with Gasteiger partial charge in [-0.15, -0.1) is 0 Å². The molecule has 5 rings (SSSR count). The maximum absolute atomic E-state index is 12.9. The second-order valence-electron chi connectivity index (χ2n) is 8.60. The van der Waals surface area contributed by atoms with Gasteiger partial charge < -0.3 is 14.5 Å². The Morgan fingerprint density at radius 1 is 0.800 bits per heavy atom. The lowest BCUT2D eigenvalue weighted by Gasteiger charge is -2.46. The van der Waals surface area contributed by atoms with Crippen molar-refractivity contribution in [3.05, 3.63) is 71.3 Å². The predicted octanol–water partition coefficient (Wildman–Crippen LogP) is 3.55. The highest BCUT2D eigenvalue weighted by atomic mass is 16.5. The van der Waals surface area contributed by atoms with E-state index < -0.39 is 0 Å². The first kappa shape index (κ1) is 19.6. The smallest absolute Gasteiger partial charge is 0.320 e. The summed E-state index contributed by atoms with van der Waals surface area (Å²) in [5, 5.41) is 0. The highest BCUT2D eigenvalue weighted by Gasteiger charge is 2.36. The Labute approximate surface area is 179 Å². The first-order valence-corrected chi connectivity index (χ1v) is 11.3. The fourth-order valence-electron chi connectivity index (χ4n) is 5.33. The van der Waals surface area contributed by atoms with Crippen LogP contribution in [-0.2, 0) is 11.2 Å². The second kappa shape index (κ2) is 8.78. The number of benzene rings is 2. The number of nitrogens with zero attached hydrogens (tertiary/aromatic N) is 3. The molecule has 3 heterocycles. The van der Waals surface area contributed by atoms with E-state index in [2.05, 4.69) is 64.4 Å². The SMILES string of the molecule is O=C(N1CCOCC1)N1CCC(N2CCc3ccccc3C2c2ccccc2)CC1. The summed E-state index contributed by atoms with van der Waals surface area (Å²) in [5.41, 5.74) is 4.29. The molecule has 5 nitrogen and oxygen atoms in total. The van der Waals surface area contributed by atoms with Gasteiger partial charge in [-0.25, -0.2) is 4.79 Å². The Balaban J connectivity index is 1.32. The van der Waals surface area contributed by atoms with Crippen molar-refractivity contribution < 1.29 is 9.53 Å². The molecular weight excluding hydrogens is 374 g/mol. The van der Waals surface area contributed by atoms with Crippen molar-refractivity contribution in [2.24, 2.45) is 0 Å². The van der Waals surface area contributed by atoms with Crippen LogP contribution in [0.1, 0.15) is 35.6 Å². The molecule has 0 aliphatic carbocycles. The third-order valence-corrected chi connectivity index (χ3v) is 6.92. The summed E-state index contributed by atoms with van der Waals surface area (Å²) >= 11 is 0. The highest BCUT2D eigenvalue weighted by Crippen LogP contribution is 2.38. The molecule has 158 valence electrons. The number of amides is 2. The summed E-state index contributed by atoms with van der Waals surface area (Å²) in [6.45, 7) is 5.54. The maximum Gasteiger partial charge on any atom is 0.320 e. The lowest BCUT2D eigenvalue weighted by Crippen LogP contribution is -2.54. The minimum atomic E-state index is 0.195. The molecule has 1 unspecified atom stereocenters. The molecule has 0 saturated carbocycles. The van der Waals surface area contributed by atoms with Crippen LogP contribution in [0.2, 0.25) is 0 Å². The molecule has 2 aromatic rings. The van der Waals surface area contributed by atoms with Crippen molar-refractivity contribution in [3.63, 3.8) is 0 Å². The van der Waals surface area contributed by atoms with Crippen LogP contribution >= 0.6 is 0 Å². The van der Waals surface area contributed by atoms with Crippen LogP contribution in [0.25, 0.3) is 0 Å². The van der Waals surface area contributed by atoms with Crippen molar-refractivity contribution in [1.82, 2.24) is 14.7 Å². The molecule has 30 heavy (non-hydrogen) atoms. The lowest BCUT2D eigenvalue weighted by molar-refractivity contribution is 0.0348. The summed E-state index contributed by atoms with van der Waals surface area (Å²) in [6.07, 6.45) is 3.19. The molecule has 3 aliphatic rings. The first-order chi connectivity index (χ1) is 14.8. The molecule has 0 radical (unpaired) electrons. The molecule has 0 spiro atoms. The molecule has 2 fully saturated rings. The van der Waals surface area contributed by atoms with Crippen molar-refractivity contribution in [2.45, 2.75) is 31.3 Å². The molecule has 1 atom stereocenters. The normalized spacial score (nSPS) is 23.3. The Morgan fingerprint density at radius 2 is 1.47 bits per heavy atom. The van der Waals surface area contributed by atoms with Crippen LogP contribution < -0.4 is 0 Å². The monoisotopic (exact) mass is 405 g/mol. The van der Waals surface area contributed by atoms with E-state index >= 15 is 0 Å². The minimum Gasteiger partial charge on any atom is -0.378 e. The van der Waals surface area contributed by atoms with E-state index in [0.29, 0.717) is 25.3 Å². The number of morpholine rings is 1. The largest absolute Gasteiger partial charge is 0.378 e. The van der Waals surface area contributed by atoms with Crippen LogP contribution in [0, 0.1) is 0 Å². The Bertz CT molecular complexity index is 858. The molecule has 2 aromatic carbocycles. The Kier molecular flexibility index (Phi) is 5.73. The van der Waals surface area contributed by atoms with Gasteiger partial charge in [-0.05, 0) is 36.0 Å². The van der Waals surface area contributed by atoms with Crippen LogP contribution in [0.3, 0.4) is 0 Å². The van der Waals surface area contributed by atoms with Gasteiger partial charge in [0.2, 0.25) is 0 Å². The van der Waals surface area contributed by atoms with Gasteiger partial charge in [-0.3, -0.25) is 4.90 Å². The number of ether oxygens (including phenoxy) is 1. The Morgan fingerprint density at radius 3 is 2.23 bits per heavy atom. The third kappa shape index (κ3) is 3.84. The van der Waals surface area contributed by atoms with Gasteiger partial charge in [-0.1, -0.05) is 54.6 Å². The second-order valence-corrected chi connectivity index (χ2v) is 8.60. The number of piperidine rings is 1. The summed E-state index contributed by atoms with van der Waals surface area (Å²) in [6, 6.07) is 20.8. The van der Waals surface area contributed by atoms with E-state index in [1.165, 1.54) is 16.7 Å². The van der Waals surface area contributed by atoms with E-state index in [9.17, 15) is 4.79 Å². The van der Waals surface area contributed by atoms with Crippen molar-refractivity contribution in [1.29, 1.82) is 0 Å². The average Bonchev–Trinajstić information content (AvgIpc) is 2.84. The fourth-order valence-corrected chi connectivity index (χ4v) is 5.33. The number of fused-ring (bicyclic) bond motifs is 1. The molecule has 2 saturated heterocycles. The van der Waals surface area contributed by atoms with Gasteiger partial charge in [0.25, 0.3) is 0 Å². The molecular formula is C25H31N3O2. The van der Waals surface area contributed by atoms with Crippen LogP contribution in [-0.4, -0.2) is 72.7 Å². The number of carbonyl (C=O) groups excluding carboxylic acids is 1. The summed E-state index contributed by atoms with van der Waals surface area (Å²) < 4.78 is 5.40. The fraction of sp³-hybridized carbons (Fsp3) is 0.480. The lowest BCUT2D eigenvalue weighted by atomic mass is 9.86. The molecule has 0 N–H and O–H groups in total. The number of carbonyl (C=O) groups is 1. The van der Waals surface area contributed by atoms with E-state index in [-0.39, 0.29) is 6.03 Å². The topological polar surface area (TPSA) is 36.0 Å². The number of likely N-dealkylation sites (tertiary alicyclic amines) is 1. The molecule has 0 bridgehead atoms. The van der Waals surface area contributed by atoms with E-state index in [0.717, 1.165) is 52.0 Å². The first-order valence-electron chi connectivity index (χ1n) is 11.3.